The number of aliphatic hydroxyl groups excluding tert-OH is 1. The van der Waals surface area contributed by atoms with Crippen LogP contribution in [0, 0.1) is 0 Å². The Labute approximate surface area is 125 Å². The zero-order chi connectivity index (χ0) is 14.9. The number of benzene rings is 1. The van der Waals surface area contributed by atoms with Gasteiger partial charge in [-0.2, -0.15) is 0 Å². The summed E-state index contributed by atoms with van der Waals surface area (Å²) in [5, 5.41) is 12.0. The number of nitrogens with one attached hydrogen (secondary N) is 1. The van der Waals surface area contributed by atoms with Crippen LogP contribution in [0.2, 0.25) is 0 Å². The van der Waals surface area contributed by atoms with E-state index in [1.807, 2.05) is 6.07 Å². The van der Waals surface area contributed by atoms with Gasteiger partial charge in [0.05, 0.1) is 30.8 Å². The Kier molecular flexibility index (Phi) is 6.66. The molecule has 0 spiro atoms. The molecule has 0 saturated heterocycles. The summed E-state index contributed by atoms with van der Waals surface area (Å²) in [5.74, 6) is 1.09. The van der Waals surface area contributed by atoms with Crippen LogP contribution in [0.1, 0.15) is 25.6 Å². The molecule has 5 heteroatoms. The molecular weight excluding hydrogens is 266 g/mol. The maximum absolute atomic E-state index is 8.62. The average molecular weight is 291 g/mol. The van der Waals surface area contributed by atoms with Crippen LogP contribution < -0.4 is 5.32 Å². The molecule has 0 atom stereocenters. The summed E-state index contributed by atoms with van der Waals surface area (Å²) in [4.78, 5) is 4.71. The van der Waals surface area contributed by atoms with Crippen LogP contribution in [0.3, 0.4) is 0 Å². The first kappa shape index (κ1) is 15.9. The minimum absolute atomic E-state index is 0.0917. The molecule has 2 aromatic rings. The van der Waals surface area contributed by atoms with Crippen LogP contribution >= 0.6 is 0 Å². The molecule has 0 aliphatic rings. The van der Waals surface area contributed by atoms with Crippen molar-refractivity contribution in [2.45, 2.75) is 32.9 Å². The standard InChI is InChI=1S/C16H25N3O2/c1-2-9-19-15-7-4-3-6-14(15)18-16(19)13-17-8-5-11-21-12-10-20/h3-4,6-7,17,20H,2,5,8-13H2,1H3. The van der Waals surface area contributed by atoms with Crippen LogP contribution in [0.4, 0.5) is 0 Å². The van der Waals surface area contributed by atoms with E-state index >= 15 is 0 Å². The number of para-hydroxylation sites is 2. The zero-order valence-corrected chi connectivity index (χ0v) is 12.7. The van der Waals surface area contributed by atoms with E-state index in [1.54, 1.807) is 0 Å². The van der Waals surface area contributed by atoms with Gasteiger partial charge in [0.15, 0.2) is 0 Å². The molecule has 2 rings (SSSR count). The number of aromatic nitrogens is 2. The summed E-state index contributed by atoms with van der Waals surface area (Å²) in [6.45, 7) is 6.04. The van der Waals surface area contributed by atoms with Gasteiger partial charge in [-0.05, 0) is 31.5 Å². The third kappa shape index (κ3) is 4.52. The minimum atomic E-state index is 0.0917. The number of rotatable bonds is 10. The highest BCUT2D eigenvalue weighted by atomic mass is 16.5. The van der Waals surface area contributed by atoms with Gasteiger partial charge in [-0.15, -0.1) is 0 Å². The fourth-order valence-corrected chi connectivity index (χ4v) is 2.40. The molecule has 0 fully saturated rings. The highest BCUT2D eigenvalue weighted by Gasteiger charge is 2.08. The Bertz CT molecular complexity index is 539. The van der Waals surface area contributed by atoms with Crippen molar-refractivity contribution < 1.29 is 9.84 Å². The highest BCUT2D eigenvalue weighted by Crippen LogP contribution is 2.16. The van der Waals surface area contributed by atoms with Gasteiger partial charge in [-0.25, -0.2) is 4.98 Å². The molecule has 0 aliphatic carbocycles. The second-order valence-corrected chi connectivity index (χ2v) is 5.03. The monoisotopic (exact) mass is 291 g/mol. The fourth-order valence-electron chi connectivity index (χ4n) is 2.40. The lowest BCUT2D eigenvalue weighted by atomic mass is 10.3. The maximum atomic E-state index is 8.62. The highest BCUT2D eigenvalue weighted by molar-refractivity contribution is 5.75. The Morgan fingerprint density at radius 1 is 1.29 bits per heavy atom. The Morgan fingerprint density at radius 2 is 2.14 bits per heavy atom. The Hall–Kier alpha value is -1.43. The van der Waals surface area contributed by atoms with Crippen LogP contribution in [0.15, 0.2) is 24.3 Å². The molecule has 2 N–H and O–H groups in total. The molecule has 21 heavy (non-hydrogen) atoms. The molecule has 1 aromatic carbocycles. The van der Waals surface area contributed by atoms with Crippen molar-refractivity contribution in [2.24, 2.45) is 0 Å². The van der Waals surface area contributed by atoms with E-state index in [1.165, 1.54) is 5.52 Å². The maximum Gasteiger partial charge on any atom is 0.123 e. The summed E-state index contributed by atoms with van der Waals surface area (Å²) in [7, 11) is 0. The average Bonchev–Trinajstić information content (AvgIpc) is 2.85. The van der Waals surface area contributed by atoms with E-state index in [-0.39, 0.29) is 6.61 Å². The number of imidazole rings is 1. The number of aryl methyl sites for hydroxylation is 1. The Morgan fingerprint density at radius 3 is 2.95 bits per heavy atom. The van der Waals surface area contributed by atoms with Gasteiger partial charge in [0, 0.05) is 13.2 Å². The molecular formula is C16H25N3O2. The molecule has 116 valence electrons. The third-order valence-electron chi connectivity index (χ3n) is 3.34. The van der Waals surface area contributed by atoms with Gasteiger partial charge >= 0.3 is 0 Å². The lowest BCUT2D eigenvalue weighted by Crippen LogP contribution is -2.19. The van der Waals surface area contributed by atoms with Gasteiger partial charge in [-0.1, -0.05) is 19.1 Å². The van der Waals surface area contributed by atoms with Crippen molar-refractivity contribution in [1.82, 2.24) is 14.9 Å². The van der Waals surface area contributed by atoms with Crippen molar-refractivity contribution in [3.05, 3.63) is 30.1 Å². The van der Waals surface area contributed by atoms with E-state index in [4.69, 9.17) is 14.8 Å². The fraction of sp³-hybridized carbons (Fsp3) is 0.562. The van der Waals surface area contributed by atoms with Crippen LogP contribution in [0.25, 0.3) is 11.0 Å². The van der Waals surface area contributed by atoms with Crippen LogP contribution in [-0.2, 0) is 17.8 Å². The van der Waals surface area contributed by atoms with Gasteiger partial charge in [0.2, 0.25) is 0 Å². The largest absolute Gasteiger partial charge is 0.394 e. The molecule has 0 radical (unpaired) electrons. The van der Waals surface area contributed by atoms with Gasteiger partial charge < -0.3 is 19.7 Å². The van der Waals surface area contributed by atoms with Crippen molar-refractivity contribution in [3.8, 4) is 0 Å². The van der Waals surface area contributed by atoms with Crippen molar-refractivity contribution >= 4 is 11.0 Å². The summed E-state index contributed by atoms with van der Waals surface area (Å²) >= 11 is 0. The molecule has 1 heterocycles. The third-order valence-corrected chi connectivity index (χ3v) is 3.34. The molecule has 0 unspecified atom stereocenters. The topological polar surface area (TPSA) is 59.3 Å². The number of ether oxygens (including phenoxy) is 1. The van der Waals surface area contributed by atoms with Crippen molar-refractivity contribution in [1.29, 1.82) is 0 Å². The second-order valence-electron chi connectivity index (χ2n) is 5.03. The number of hydrogen-bond acceptors (Lipinski definition) is 4. The first-order chi connectivity index (χ1) is 10.4. The van der Waals surface area contributed by atoms with Gasteiger partial charge in [0.25, 0.3) is 0 Å². The number of nitrogens with zero attached hydrogens (tertiary/aromatic N) is 2. The molecule has 0 bridgehead atoms. The first-order valence-corrected chi connectivity index (χ1v) is 7.70. The smallest absolute Gasteiger partial charge is 0.123 e. The molecule has 0 saturated carbocycles. The lowest BCUT2D eigenvalue weighted by molar-refractivity contribution is 0.0907. The van der Waals surface area contributed by atoms with E-state index in [2.05, 4.69) is 35.0 Å². The predicted octanol–water partition coefficient (Wildman–Crippen LogP) is 1.93. The zero-order valence-electron chi connectivity index (χ0n) is 12.7. The molecule has 0 aliphatic heterocycles. The van der Waals surface area contributed by atoms with Crippen LogP contribution in [-0.4, -0.2) is 41.0 Å². The molecule has 5 nitrogen and oxygen atoms in total. The normalized spacial score (nSPS) is 11.3. The van der Waals surface area contributed by atoms with E-state index in [9.17, 15) is 0 Å². The SMILES string of the molecule is CCCn1c(CNCCCOCCO)nc2ccccc21. The van der Waals surface area contributed by atoms with Gasteiger partial charge in [0.1, 0.15) is 5.82 Å². The van der Waals surface area contributed by atoms with E-state index in [0.717, 1.165) is 43.8 Å². The number of aliphatic hydroxyl groups is 1. The first-order valence-electron chi connectivity index (χ1n) is 7.70. The minimum Gasteiger partial charge on any atom is -0.394 e. The van der Waals surface area contributed by atoms with E-state index < -0.39 is 0 Å². The Balaban J connectivity index is 1.87. The van der Waals surface area contributed by atoms with Crippen molar-refractivity contribution in [3.63, 3.8) is 0 Å². The van der Waals surface area contributed by atoms with Crippen LogP contribution in [0.5, 0.6) is 0 Å². The lowest BCUT2D eigenvalue weighted by Gasteiger charge is -2.09. The summed E-state index contributed by atoms with van der Waals surface area (Å²) < 4.78 is 7.53. The second kappa shape index (κ2) is 8.77. The number of hydrogen-bond donors (Lipinski definition) is 2. The molecule has 0 amide bonds. The summed E-state index contributed by atoms with van der Waals surface area (Å²) in [5.41, 5.74) is 2.27. The van der Waals surface area contributed by atoms with E-state index in [0.29, 0.717) is 13.2 Å². The number of fused-ring (bicyclic) bond motifs is 1. The van der Waals surface area contributed by atoms with Crippen molar-refractivity contribution in [2.75, 3.05) is 26.4 Å². The van der Waals surface area contributed by atoms with Gasteiger partial charge in [-0.3, -0.25) is 0 Å². The summed E-state index contributed by atoms with van der Waals surface area (Å²) in [6.07, 6.45) is 2.04. The quantitative estimate of drug-likeness (QED) is 0.657. The molecule has 1 aromatic heterocycles. The predicted molar refractivity (Wildman–Crippen MR) is 84.3 cm³/mol. The summed E-state index contributed by atoms with van der Waals surface area (Å²) in [6, 6.07) is 8.28.